The molecule has 10 heteroatoms. The molecule has 2 saturated heterocycles. The second-order valence-electron chi connectivity index (χ2n) is 7.64. The number of carbonyl (C=O) groups excluding carboxylic acids is 2. The molecule has 29 heavy (non-hydrogen) atoms. The molecule has 2 fully saturated rings. The van der Waals surface area contributed by atoms with E-state index in [2.05, 4.69) is 15.1 Å². The van der Waals surface area contributed by atoms with E-state index in [1.807, 2.05) is 9.80 Å². The Hall–Kier alpha value is -3.14. The zero-order valence-corrected chi connectivity index (χ0v) is 16.1. The summed E-state index contributed by atoms with van der Waals surface area (Å²) in [7, 11) is 1.55. The maximum atomic E-state index is 13.2. The van der Waals surface area contributed by atoms with Crippen LogP contribution in [0.25, 0.3) is 0 Å². The van der Waals surface area contributed by atoms with Crippen LogP contribution in [0.2, 0.25) is 0 Å². The van der Waals surface area contributed by atoms with Crippen molar-refractivity contribution < 1.29 is 19.1 Å². The second kappa shape index (κ2) is 6.73. The van der Waals surface area contributed by atoms with Gasteiger partial charge in [-0.3, -0.25) is 9.59 Å². The van der Waals surface area contributed by atoms with Crippen LogP contribution in [0.5, 0.6) is 5.75 Å². The summed E-state index contributed by atoms with van der Waals surface area (Å²) in [5.74, 6) is 1.78. The van der Waals surface area contributed by atoms with Gasteiger partial charge in [0.1, 0.15) is 12.3 Å². The first-order valence-electron chi connectivity index (χ1n) is 9.65. The Balaban J connectivity index is 1.41. The molecule has 4 aliphatic heterocycles. The van der Waals surface area contributed by atoms with Gasteiger partial charge in [0.05, 0.1) is 37.2 Å². The van der Waals surface area contributed by atoms with Crippen molar-refractivity contribution in [1.82, 2.24) is 14.9 Å². The van der Waals surface area contributed by atoms with E-state index in [1.165, 1.54) is 0 Å². The highest BCUT2D eigenvalue weighted by Crippen LogP contribution is 2.39. The van der Waals surface area contributed by atoms with E-state index in [9.17, 15) is 9.59 Å². The zero-order chi connectivity index (χ0) is 20.0. The number of nitrogens with one attached hydrogen (secondary N) is 1. The SMILES string of the molecule is CN(C=O)/N=C1/C=C(N2CCOc3cc(C(=O)N4CCCC45COC5)[nH]c32)C=N1. The molecule has 1 aromatic heterocycles. The Morgan fingerprint density at radius 2 is 2.28 bits per heavy atom. The normalized spacial score (nSPS) is 23.1. The van der Waals surface area contributed by atoms with Gasteiger partial charge in [-0.05, 0) is 12.8 Å². The van der Waals surface area contributed by atoms with E-state index >= 15 is 0 Å². The van der Waals surface area contributed by atoms with E-state index in [1.54, 1.807) is 25.4 Å². The third-order valence-electron chi connectivity index (χ3n) is 5.75. The van der Waals surface area contributed by atoms with Gasteiger partial charge in [-0.2, -0.15) is 5.10 Å². The molecule has 0 aliphatic carbocycles. The number of fused-ring (bicyclic) bond motifs is 1. The highest BCUT2D eigenvalue weighted by molar-refractivity contribution is 6.11. The standard InChI is InChI=1S/C19H22N6O4/c1-23(12-26)22-16-7-13(9-20-16)24-5-6-29-15-8-14(21-17(15)24)18(27)25-4-2-3-19(25)10-28-11-19/h7-9,12,21H,2-6,10-11H2,1H3/b22-16-. The Labute approximate surface area is 167 Å². The first-order chi connectivity index (χ1) is 14.1. The summed E-state index contributed by atoms with van der Waals surface area (Å²) in [5.41, 5.74) is 1.19. The lowest BCUT2D eigenvalue weighted by Gasteiger charge is -2.44. The number of hydrazone groups is 1. The molecule has 0 atom stereocenters. The van der Waals surface area contributed by atoms with Crippen LogP contribution in [0, 0.1) is 0 Å². The molecule has 4 aliphatic rings. The van der Waals surface area contributed by atoms with Crippen molar-refractivity contribution in [2.75, 3.05) is 44.9 Å². The van der Waals surface area contributed by atoms with Crippen LogP contribution >= 0.6 is 0 Å². The molecule has 1 N–H and O–H groups in total. The molecular weight excluding hydrogens is 376 g/mol. The van der Waals surface area contributed by atoms with Crippen molar-refractivity contribution in [3.8, 4) is 5.75 Å². The van der Waals surface area contributed by atoms with Crippen molar-refractivity contribution in [2.45, 2.75) is 18.4 Å². The minimum absolute atomic E-state index is 0.0207. The lowest BCUT2D eigenvalue weighted by atomic mass is 9.94. The summed E-state index contributed by atoms with van der Waals surface area (Å²) in [6.45, 7) is 3.08. The number of amidine groups is 1. The number of aromatic amines is 1. The molecular formula is C19H22N6O4. The summed E-state index contributed by atoms with van der Waals surface area (Å²) in [5, 5.41) is 5.24. The molecule has 0 radical (unpaired) electrons. The molecule has 0 bridgehead atoms. The van der Waals surface area contributed by atoms with E-state index in [0.29, 0.717) is 50.1 Å². The summed E-state index contributed by atoms with van der Waals surface area (Å²) in [6.07, 6.45) is 6.08. The molecule has 1 spiro atoms. The van der Waals surface area contributed by atoms with Gasteiger partial charge >= 0.3 is 0 Å². The summed E-state index contributed by atoms with van der Waals surface area (Å²) >= 11 is 0. The summed E-state index contributed by atoms with van der Waals surface area (Å²) < 4.78 is 11.2. The molecule has 0 aromatic carbocycles. The Bertz CT molecular complexity index is 944. The number of anilines is 1. The van der Waals surface area contributed by atoms with Crippen molar-refractivity contribution >= 4 is 30.2 Å². The Morgan fingerprint density at radius 3 is 3.03 bits per heavy atom. The maximum absolute atomic E-state index is 13.2. The number of aromatic nitrogens is 1. The average Bonchev–Trinajstić information content (AvgIpc) is 3.43. The number of nitrogens with zero attached hydrogens (tertiary/aromatic N) is 5. The van der Waals surface area contributed by atoms with Crippen LogP contribution in [-0.4, -0.2) is 84.8 Å². The van der Waals surface area contributed by atoms with Gasteiger partial charge in [0.15, 0.2) is 17.4 Å². The number of aliphatic imine (C=N–C) groups is 1. The first-order valence-corrected chi connectivity index (χ1v) is 9.65. The molecule has 0 unspecified atom stereocenters. The lowest BCUT2D eigenvalue weighted by molar-refractivity contribution is -0.117. The number of hydrogen-bond acceptors (Lipinski definition) is 6. The van der Waals surface area contributed by atoms with E-state index < -0.39 is 0 Å². The van der Waals surface area contributed by atoms with Crippen LogP contribution in [-0.2, 0) is 9.53 Å². The molecule has 5 heterocycles. The number of ether oxygens (including phenoxy) is 2. The fourth-order valence-corrected chi connectivity index (χ4v) is 4.23. The highest BCUT2D eigenvalue weighted by atomic mass is 16.5. The Kier molecular flexibility index (Phi) is 4.16. The molecule has 2 amide bonds. The smallest absolute Gasteiger partial charge is 0.271 e. The molecule has 1 aromatic rings. The largest absolute Gasteiger partial charge is 0.488 e. The molecule has 0 saturated carbocycles. The lowest BCUT2D eigenvalue weighted by Crippen LogP contribution is -2.60. The average molecular weight is 398 g/mol. The van der Waals surface area contributed by atoms with Crippen molar-refractivity contribution in [1.29, 1.82) is 0 Å². The number of H-pyrrole nitrogens is 1. The van der Waals surface area contributed by atoms with Gasteiger partial charge in [0, 0.05) is 25.7 Å². The van der Waals surface area contributed by atoms with Crippen LogP contribution in [0.4, 0.5) is 5.82 Å². The molecule has 10 nitrogen and oxygen atoms in total. The predicted molar refractivity (Wildman–Crippen MR) is 105 cm³/mol. The number of likely N-dealkylation sites (tertiary alicyclic amines) is 1. The molecule has 152 valence electrons. The van der Waals surface area contributed by atoms with Crippen molar-refractivity contribution in [2.24, 2.45) is 10.1 Å². The minimum atomic E-state index is -0.139. The quantitative estimate of drug-likeness (QED) is 0.591. The summed E-state index contributed by atoms with van der Waals surface area (Å²) in [4.78, 5) is 35.4. The minimum Gasteiger partial charge on any atom is -0.488 e. The first kappa shape index (κ1) is 17.9. The third kappa shape index (κ3) is 2.91. The topological polar surface area (TPSA) is 103 Å². The van der Waals surface area contributed by atoms with Gasteiger partial charge < -0.3 is 24.3 Å². The van der Waals surface area contributed by atoms with Crippen LogP contribution < -0.4 is 9.64 Å². The fourth-order valence-electron chi connectivity index (χ4n) is 4.23. The van der Waals surface area contributed by atoms with Crippen molar-refractivity contribution in [3.05, 3.63) is 23.5 Å². The number of carbonyl (C=O) groups is 2. The monoisotopic (exact) mass is 398 g/mol. The van der Waals surface area contributed by atoms with Crippen LogP contribution in [0.15, 0.2) is 27.9 Å². The number of hydrogen-bond donors (Lipinski definition) is 1. The van der Waals surface area contributed by atoms with E-state index in [-0.39, 0.29) is 11.4 Å². The van der Waals surface area contributed by atoms with Gasteiger partial charge in [-0.15, -0.1) is 0 Å². The number of amides is 2. The number of allylic oxidation sites excluding steroid dienone is 1. The maximum Gasteiger partial charge on any atom is 0.271 e. The zero-order valence-electron chi connectivity index (χ0n) is 16.1. The molecule has 5 rings (SSSR count). The third-order valence-corrected chi connectivity index (χ3v) is 5.75. The van der Waals surface area contributed by atoms with Gasteiger partial charge in [-0.1, -0.05) is 0 Å². The van der Waals surface area contributed by atoms with Gasteiger partial charge in [0.25, 0.3) is 5.91 Å². The second-order valence-corrected chi connectivity index (χ2v) is 7.64. The van der Waals surface area contributed by atoms with Crippen molar-refractivity contribution in [3.63, 3.8) is 0 Å². The Morgan fingerprint density at radius 1 is 1.41 bits per heavy atom. The van der Waals surface area contributed by atoms with E-state index in [0.717, 1.165) is 35.9 Å². The summed E-state index contributed by atoms with van der Waals surface area (Å²) in [6, 6.07) is 1.77. The predicted octanol–water partition coefficient (Wildman–Crippen LogP) is 0.588. The van der Waals surface area contributed by atoms with Gasteiger partial charge in [-0.25, -0.2) is 10.0 Å². The van der Waals surface area contributed by atoms with Crippen LogP contribution in [0.1, 0.15) is 23.3 Å². The number of rotatable bonds is 4. The van der Waals surface area contributed by atoms with Gasteiger partial charge in [0.2, 0.25) is 6.41 Å². The van der Waals surface area contributed by atoms with E-state index in [4.69, 9.17) is 9.47 Å². The van der Waals surface area contributed by atoms with Crippen LogP contribution in [0.3, 0.4) is 0 Å². The highest BCUT2D eigenvalue weighted by Gasteiger charge is 2.50. The fraction of sp³-hybridized carbons (Fsp3) is 0.474.